The molecule has 0 aromatic carbocycles. The average Bonchev–Trinajstić information content (AvgIpc) is 3.43. The smallest absolute Gasteiger partial charge is 0.246 e. The molecule has 0 bridgehead atoms. The monoisotopic (exact) mass is 600 g/mol. The normalized spacial score (nSPS) is 43.0. The third-order valence-electron chi connectivity index (χ3n) is 11.5. The Labute approximate surface area is 257 Å². The van der Waals surface area contributed by atoms with Crippen LogP contribution >= 0.6 is 11.8 Å². The van der Waals surface area contributed by atoms with E-state index >= 15 is 0 Å². The molecule has 0 aromatic rings. The van der Waals surface area contributed by atoms with Crippen LogP contribution < -0.4 is 10.6 Å². The Morgan fingerprint density at radius 3 is 2.76 bits per heavy atom. The maximum Gasteiger partial charge on any atom is 0.246 e. The number of rotatable bonds is 7. The molecular formula is C32H52N6O3S. The van der Waals surface area contributed by atoms with Crippen LogP contribution in [0.25, 0.3) is 0 Å². The number of carbonyl (C=O) groups is 1. The molecular weight excluding hydrogens is 548 g/mol. The Hall–Kier alpha value is -1.19. The van der Waals surface area contributed by atoms with Crippen LogP contribution in [0.5, 0.6) is 0 Å². The lowest BCUT2D eigenvalue weighted by molar-refractivity contribution is -0.136. The summed E-state index contributed by atoms with van der Waals surface area (Å²) in [6.07, 6.45) is 14.4. The predicted molar refractivity (Wildman–Crippen MR) is 166 cm³/mol. The third-order valence-corrected chi connectivity index (χ3v) is 13.5. The Kier molecular flexibility index (Phi) is 9.86. The van der Waals surface area contributed by atoms with Crippen molar-refractivity contribution in [3.05, 3.63) is 12.7 Å². The molecule has 1 amide bonds. The second-order valence-electron chi connectivity index (χ2n) is 13.8. The number of likely N-dealkylation sites (tertiary alicyclic amines) is 1. The number of methoxy groups -OCH3 is 1. The predicted octanol–water partition coefficient (Wildman–Crippen LogP) is 3.13. The Bertz CT molecular complexity index is 1010. The number of thioether (sulfide) groups is 1. The summed E-state index contributed by atoms with van der Waals surface area (Å²) in [5, 5.41) is 18.2. The highest BCUT2D eigenvalue weighted by Crippen LogP contribution is 2.57. The fourth-order valence-electron chi connectivity index (χ4n) is 9.18. The Balaban J connectivity index is 1.21. The van der Waals surface area contributed by atoms with E-state index in [-0.39, 0.29) is 29.2 Å². The van der Waals surface area contributed by atoms with Gasteiger partial charge in [-0.15, -0.1) is 11.8 Å². The van der Waals surface area contributed by atoms with Gasteiger partial charge in [0.2, 0.25) is 5.91 Å². The average molecular weight is 601 g/mol. The first-order chi connectivity index (χ1) is 20.4. The molecule has 9 unspecified atom stereocenters. The zero-order valence-corrected chi connectivity index (χ0v) is 26.5. The van der Waals surface area contributed by atoms with E-state index in [1.807, 2.05) is 12.0 Å². The van der Waals surface area contributed by atoms with Crippen molar-refractivity contribution in [2.75, 3.05) is 46.9 Å². The number of fused-ring (bicyclic) bond motifs is 2. The first-order valence-corrected chi connectivity index (χ1v) is 17.4. The first kappa shape index (κ1) is 30.8. The number of piperazine rings is 1. The van der Waals surface area contributed by atoms with Crippen molar-refractivity contribution in [2.45, 2.75) is 117 Å². The summed E-state index contributed by atoms with van der Waals surface area (Å²) in [6.45, 7) is 7.65. The minimum absolute atomic E-state index is 0.0755. The van der Waals surface area contributed by atoms with Crippen LogP contribution in [0.4, 0.5) is 0 Å². The molecule has 6 rings (SSSR count). The number of hydrogen-bond donors (Lipinski definition) is 2. The summed E-state index contributed by atoms with van der Waals surface area (Å²) in [7, 11) is 4.14. The number of hydrogen-bond acceptors (Lipinski definition) is 9. The number of amides is 1. The lowest BCUT2D eigenvalue weighted by Crippen LogP contribution is -2.73. The van der Waals surface area contributed by atoms with E-state index in [9.17, 15) is 10.1 Å². The Morgan fingerprint density at radius 1 is 1.14 bits per heavy atom. The fraction of sp³-hybridized carbons (Fsp3) is 0.875. The minimum atomic E-state index is -0.223. The summed E-state index contributed by atoms with van der Waals surface area (Å²) in [5.41, 5.74) is 0. The summed E-state index contributed by atoms with van der Waals surface area (Å²) < 4.78 is 13.1. The van der Waals surface area contributed by atoms with Crippen molar-refractivity contribution in [2.24, 2.45) is 11.8 Å². The first-order valence-electron chi connectivity index (χ1n) is 16.5. The van der Waals surface area contributed by atoms with E-state index in [4.69, 9.17) is 9.47 Å². The number of nitrogens with zero attached hydrogens (tertiary/aromatic N) is 4. The summed E-state index contributed by atoms with van der Waals surface area (Å²) in [6, 6.07) is 2.99. The topological polar surface area (TPSA) is 93.1 Å². The van der Waals surface area contributed by atoms with Crippen molar-refractivity contribution in [1.82, 2.24) is 25.3 Å². The highest BCUT2D eigenvalue weighted by Gasteiger charge is 2.56. The van der Waals surface area contributed by atoms with Gasteiger partial charge in [-0.05, 0) is 77.0 Å². The van der Waals surface area contributed by atoms with Crippen LogP contribution in [0.15, 0.2) is 12.7 Å². The standard InChI is InChI=1S/C32H52N6O3S/c1-4-29(39)38-17-16-37(20-23(38)12-14-33)30-25-11-13-32(28(40-3)18-22-8-5-6-10-27(22)42-32)19-26(25)34-31(35-30)41-21-24-9-7-15-36(24)2/h4,22-28,30-31,34-35H,1,5-13,15-21H2,2-3H3/t22?,23?,24?,25?,26?,27?,28?,30?,31?,32-/m1/s1. The molecule has 4 heterocycles. The highest BCUT2D eigenvalue weighted by molar-refractivity contribution is 8.01. The third kappa shape index (κ3) is 6.17. The zero-order valence-electron chi connectivity index (χ0n) is 25.7. The molecule has 2 aliphatic carbocycles. The molecule has 1 spiro atoms. The molecule has 4 aliphatic heterocycles. The van der Waals surface area contributed by atoms with Crippen LogP contribution in [0, 0.1) is 23.2 Å². The van der Waals surface area contributed by atoms with Gasteiger partial charge in [0, 0.05) is 54.7 Å². The molecule has 2 N–H and O–H groups in total. The fourth-order valence-corrected chi connectivity index (χ4v) is 11.4. The van der Waals surface area contributed by atoms with E-state index in [0.717, 1.165) is 37.1 Å². The molecule has 42 heavy (non-hydrogen) atoms. The number of carbonyl (C=O) groups excluding carboxylic acids is 1. The zero-order chi connectivity index (χ0) is 29.3. The van der Waals surface area contributed by atoms with Gasteiger partial charge in [-0.1, -0.05) is 19.4 Å². The van der Waals surface area contributed by atoms with E-state index in [2.05, 4.69) is 51.9 Å². The molecule has 4 saturated heterocycles. The molecule has 0 aromatic heterocycles. The van der Waals surface area contributed by atoms with Gasteiger partial charge in [-0.25, -0.2) is 0 Å². The van der Waals surface area contributed by atoms with Crippen LogP contribution in [0.3, 0.4) is 0 Å². The molecule has 10 atom stereocenters. The van der Waals surface area contributed by atoms with E-state index in [1.54, 1.807) is 0 Å². The maximum absolute atomic E-state index is 12.6. The SMILES string of the molecule is C=CC(=O)N1CCN(C2NC(OCC3CCCN3C)NC3C[C@@]4(CCC32)SC2CCCCC2CC4OC)CC1CC#N. The molecule has 6 fully saturated rings. The summed E-state index contributed by atoms with van der Waals surface area (Å²) >= 11 is 2.28. The van der Waals surface area contributed by atoms with Crippen LogP contribution in [-0.4, -0.2) is 114 Å². The van der Waals surface area contributed by atoms with Gasteiger partial charge in [0.05, 0.1) is 37.4 Å². The van der Waals surface area contributed by atoms with Gasteiger partial charge in [0.25, 0.3) is 0 Å². The number of ether oxygens (including phenoxy) is 2. The van der Waals surface area contributed by atoms with Crippen molar-refractivity contribution in [3.63, 3.8) is 0 Å². The summed E-state index contributed by atoms with van der Waals surface area (Å²) in [5.74, 6) is 1.15. The van der Waals surface area contributed by atoms with Crippen molar-refractivity contribution >= 4 is 17.7 Å². The van der Waals surface area contributed by atoms with E-state index < -0.39 is 0 Å². The largest absolute Gasteiger partial charge is 0.380 e. The molecule has 9 nitrogen and oxygen atoms in total. The highest BCUT2D eigenvalue weighted by atomic mass is 32.2. The van der Waals surface area contributed by atoms with E-state index in [1.165, 1.54) is 57.4 Å². The quantitative estimate of drug-likeness (QED) is 0.428. The van der Waals surface area contributed by atoms with Crippen LogP contribution in [0.2, 0.25) is 0 Å². The maximum atomic E-state index is 12.6. The lowest BCUT2D eigenvalue weighted by atomic mass is 9.70. The lowest BCUT2D eigenvalue weighted by Gasteiger charge is -2.59. The number of nitriles is 1. The molecule has 2 saturated carbocycles. The van der Waals surface area contributed by atoms with Gasteiger partial charge in [-0.3, -0.25) is 20.3 Å². The van der Waals surface area contributed by atoms with E-state index in [0.29, 0.717) is 50.2 Å². The number of likely N-dealkylation sites (N-methyl/N-ethyl adjacent to an activating group) is 1. The van der Waals surface area contributed by atoms with Gasteiger partial charge in [-0.2, -0.15) is 5.26 Å². The van der Waals surface area contributed by atoms with Gasteiger partial charge in [0.15, 0.2) is 6.35 Å². The van der Waals surface area contributed by atoms with Gasteiger partial charge in [0.1, 0.15) is 0 Å². The second-order valence-corrected chi connectivity index (χ2v) is 15.4. The van der Waals surface area contributed by atoms with Gasteiger partial charge >= 0.3 is 0 Å². The molecule has 10 heteroatoms. The summed E-state index contributed by atoms with van der Waals surface area (Å²) in [4.78, 5) is 19.4. The van der Waals surface area contributed by atoms with Crippen LogP contribution in [-0.2, 0) is 14.3 Å². The molecule has 234 valence electrons. The van der Waals surface area contributed by atoms with Crippen molar-refractivity contribution in [3.8, 4) is 6.07 Å². The van der Waals surface area contributed by atoms with Gasteiger partial charge < -0.3 is 19.3 Å². The van der Waals surface area contributed by atoms with Crippen molar-refractivity contribution < 1.29 is 14.3 Å². The second kappa shape index (κ2) is 13.4. The van der Waals surface area contributed by atoms with Crippen molar-refractivity contribution in [1.29, 1.82) is 5.26 Å². The van der Waals surface area contributed by atoms with Crippen LogP contribution in [0.1, 0.15) is 70.6 Å². The molecule has 0 radical (unpaired) electrons. The number of nitrogens with one attached hydrogen (secondary N) is 2. The minimum Gasteiger partial charge on any atom is -0.380 e. The Morgan fingerprint density at radius 2 is 2.00 bits per heavy atom. The molecule has 6 aliphatic rings.